The lowest BCUT2D eigenvalue weighted by molar-refractivity contribution is -0.0256. The van der Waals surface area contributed by atoms with Crippen molar-refractivity contribution in [3.63, 3.8) is 0 Å². The first-order valence-electron chi connectivity index (χ1n) is 6.97. The van der Waals surface area contributed by atoms with Crippen molar-refractivity contribution >= 4 is 15.9 Å². The molecule has 0 heterocycles. The fourth-order valence-corrected chi connectivity index (χ4v) is 3.20. The number of ether oxygens (including phenoxy) is 1. The Morgan fingerprint density at radius 2 is 2.00 bits per heavy atom. The van der Waals surface area contributed by atoms with Crippen LogP contribution in [0.4, 0.5) is 0 Å². The van der Waals surface area contributed by atoms with E-state index < -0.39 is 0 Å². The van der Waals surface area contributed by atoms with E-state index in [-0.39, 0.29) is 6.10 Å². The van der Waals surface area contributed by atoms with Gasteiger partial charge in [-0.3, -0.25) is 0 Å². The molecular weight excluding hydrogens is 288 g/mol. The average Bonchev–Trinajstić information content (AvgIpc) is 2.38. The van der Waals surface area contributed by atoms with Crippen molar-refractivity contribution in [1.29, 1.82) is 0 Å². The van der Waals surface area contributed by atoms with Crippen molar-refractivity contribution in [3.05, 3.63) is 35.4 Å². The predicted octanol–water partition coefficient (Wildman–Crippen LogP) is 5.03. The number of aryl methyl sites for hydroxylation is 1. The van der Waals surface area contributed by atoms with Gasteiger partial charge >= 0.3 is 0 Å². The fraction of sp³-hybridized carbons (Fsp3) is 0.625. The number of alkyl halides is 1. The summed E-state index contributed by atoms with van der Waals surface area (Å²) in [7, 11) is 0. The molecule has 1 aromatic carbocycles. The molecule has 1 atom stereocenters. The standard InChI is InChI=1S/C16H23BrO/c1-12-6-8-15(9-7-12)18-16(11-17)14-5-3-4-13(2)10-14/h3-5,10,12,15-16H,6-9,11H2,1-2H3. The molecule has 1 unspecified atom stereocenters. The van der Waals surface area contributed by atoms with E-state index in [0.717, 1.165) is 11.2 Å². The second-order valence-corrected chi connectivity index (χ2v) is 6.22. The van der Waals surface area contributed by atoms with Crippen LogP contribution in [-0.2, 0) is 4.74 Å². The van der Waals surface area contributed by atoms with Gasteiger partial charge in [-0.1, -0.05) is 52.7 Å². The molecule has 1 fully saturated rings. The molecule has 1 nitrogen and oxygen atoms in total. The predicted molar refractivity (Wildman–Crippen MR) is 80.2 cm³/mol. The van der Waals surface area contributed by atoms with Crippen molar-refractivity contribution in [2.24, 2.45) is 5.92 Å². The van der Waals surface area contributed by atoms with Crippen LogP contribution in [0.2, 0.25) is 0 Å². The smallest absolute Gasteiger partial charge is 0.0925 e. The zero-order chi connectivity index (χ0) is 13.0. The second kappa shape index (κ2) is 6.72. The SMILES string of the molecule is Cc1cccc(C(CBr)OC2CCC(C)CC2)c1. The molecule has 0 aliphatic heterocycles. The lowest BCUT2D eigenvalue weighted by Crippen LogP contribution is -2.23. The van der Waals surface area contributed by atoms with Crippen molar-refractivity contribution in [1.82, 2.24) is 0 Å². The lowest BCUT2D eigenvalue weighted by atomic mass is 9.89. The highest BCUT2D eigenvalue weighted by atomic mass is 79.9. The summed E-state index contributed by atoms with van der Waals surface area (Å²) in [4.78, 5) is 0. The number of rotatable bonds is 4. The Balaban J connectivity index is 1.97. The molecule has 0 amide bonds. The highest BCUT2D eigenvalue weighted by molar-refractivity contribution is 9.09. The first-order valence-corrected chi connectivity index (χ1v) is 8.09. The van der Waals surface area contributed by atoms with E-state index in [9.17, 15) is 0 Å². The second-order valence-electron chi connectivity index (χ2n) is 5.58. The van der Waals surface area contributed by atoms with Gasteiger partial charge < -0.3 is 4.74 Å². The molecule has 0 aromatic heterocycles. The first-order chi connectivity index (χ1) is 8.69. The Morgan fingerprint density at radius 1 is 1.28 bits per heavy atom. The Kier molecular flexibility index (Phi) is 5.25. The Hall–Kier alpha value is -0.340. The molecular formula is C16H23BrO. The summed E-state index contributed by atoms with van der Waals surface area (Å²) < 4.78 is 6.28. The third kappa shape index (κ3) is 3.83. The van der Waals surface area contributed by atoms with Gasteiger partial charge in [0.25, 0.3) is 0 Å². The van der Waals surface area contributed by atoms with Crippen molar-refractivity contribution in [2.75, 3.05) is 5.33 Å². The van der Waals surface area contributed by atoms with Crippen LogP contribution in [0.3, 0.4) is 0 Å². The zero-order valence-electron chi connectivity index (χ0n) is 11.4. The monoisotopic (exact) mass is 310 g/mol. The van der Waals surface area contributed by atoms with Gasteiger partial charge in [0.1, 0.15) is 0 Å². The van der Waals surface area contributed by atoms with Crippen LogP contribution in [0, 0.1) is 12.8 Å². The molecule has 0 bridgehead atoms. The summed E-state index contributed by atoms with van der Waals surface area (Å²) >= 11 is 3.59. The number of hydrogen-bond donors (Lipinski definition) is 0. The summed E-state index contributed by atoms with van der Waals surface area (Å²) in [5.41, 5.74) is 2.60. The molecule has 2 heteroatoms. The Labute approximate surface area is 119 Å². The molecule has 1 aliphatic carbocycles. The molecule has 18 heavy (non-hydrogen) atoms. The van der Waals surface area contributed by atoms with E-state index in [0.29, 0.717) is 6.10 Å². The minimum absolute atomic E-state index is 0.198. The third-order valence-electron chi connectivity index (χ3n) is 3.87. The van der Waals surface area contributed by atoms with Gasteiger partial charge in [-0.15, -0.1) is 0 Å². The zero-order valence-corrected chi connectivity index (χ0v) is 12.9. The number of benzene rings is 1. The van der Waals surface area contributed by atoms with Crippen LogP contribution in [0.5, 0.6) is 0 Å². The van der Waals surface area contributed by atoms with E-state index in [1.165, 1.54) is 36.8 Å². The maximum absolute atomic E-state index is 6.28. The minimum atomic E-state index is 0.198. The van der Waals surface area contributed by atoms with Crippen molar-refractivity contribution < 1.29 is 4.74 Å². The van der Waals surface area contributed by atoms with Gasteiger partial charge in [0, 0.05) is 5.33 Å². The Bertz CT molecular complexity index is 369. The molecule has 1 saturated carbocycles. The molecule has 2 rings (SSSR count). The minimum Gasteiger partial charge on any atom is -0.369 e. The van der Waals surface area contributed by atoms with E-state index in [1.807, 2.05) is 0 Å². The maximum Gasteiger partial charge on any atom is 0.0925 e. The summed E-state index contributed by atoms with van der Waals surface area (Å²) in [5.74, 6) is 0.881. The molecule has 0 spiro atoms. The van der Waals surface area contributed by atoms with Gasteiger partial charge in [-0.25, -0.2) is 0 Å². The van der Waals surface area contributed by atoms with Gasteiger partial charge in [0.05, 0.1) is 12.2 Å². The number of halogens is 1. The summed E-state index contributed by atoms with van der Waals surface area (Å²) in [6.45, 7) is 4.48. The van der Waals surface area contributed by atoms with Gasteiger partial charge in [-0.2, -0.15) is 0 Å². The fourth-order valence-electron chi connectivity index (χ4n) is 2.67. The molecule has 100 valence electrons. The van der Waals surface area contributed by atoms with E-state index in [4.69, 9.17) is 4.74 Å². The summed E-state index contributed by atoms with van der Waals surface area (Å²) in [5, 5.41) is 0.877. The van der Waals surface area contributed by atoms with E-state index in [2.05, 4.69) is 54.0 Å². The summed E-state index contributed by atoms with van der Waals surface area (Å²) in [6.07, 6.45) is 5.71. The highest BCUT2D eigenvalue weighted by Gasteiger charge is 2.22. The van der Waals surface area contributed by atoms with Gasteiger partial charge in [0.2, 0.25) is 0 Å². The molecule has 0 N–H and O–H groups in total. The van der Waals surface area contributed by atoms with Crippen LogP contribution in [-0.4, -0.2) is 11.4 Å². The van der Waals surface area contributed by atoms with Gasteiger partial charge in [0.15, 0.2) is 0 Å². The van der Waals surface area contributed by atoms with Crippen molar-refractivity contribution in [2.45, 2.75) is 51.7 Å². The molecule has 0 radical (unpaired) electrons. The maximum atomic E-state index is 6.28. The van der Waals surface area contributed by atoms with E-state index in [1.54, 1.807) is 0 Å². The molecule has 1 aliphatic rings. The van der Waals surface area contributed by atoms with Crippen molar-refractivity contribution in [3.8, 4) is 0 Å². The Morgan fingerprint density at radius 3 is 2.61 bits per heavy atom. The largest absolute Gasteiger partial charge is 0.369 e. The van der Waals surface area contributed by atoms with Crippen LogP contribution in [0.1, 0.15) is 49.8 Å². The lowest BCUT2D eigenvalue weighted by Gasteiger charge is -2.29. The first kappa shape index (κ1) is 14.1. The normalized spacial score (nSPS) is 25.9. The quantitative estimate of drug-likeness (QED) is 0.709. The summed E-state index contributed by atoms with van der Waals surface area (Å²) in [6, 6.07) is 8.66. The van der Waals surface area contributed by atoms with Crippen LogP contribution in [0.25, 0.3) is 0 Å². The number of hydrogen-bond acceptors (Lipinski definition) is 1. The van der Waals surface area contributed by atoms with Crippen LogP contribution >= 0.6 is 15.9 Å². The van der Waals surface area contributed by atoms with Gasteiger partial charge in [-0.05, 0) is 44.1 Å². The topological polar surface area (TPSA) is 9.23 Å². The third-order valence-corrected chi connectivity index (χ3v) is 4.46. The van der Waals surface area contributed by atoms with E-state index >= 15 is 0 Å². The molecule has 1 aromatic rings. The van der Waals surface area contributed by atoms with Crippen LogP contribution < -0.4 is 0 Å². The molecule has 0 saturated heterocycles. The average molecular weight is 311 g/mol. The van der Waals surface area contributed by atoms with Crippen LogP contribution in [0.15, 0.2) is 24.3 Å². The highest BCUT2D eigenvalue weighted by Crippen LogP contribution is 2.30.